The first-order chi connectivity index (χ1) is 11.3. The molecule has 2 aromatic rings. The van der Waals surface area contributed by atoms with Crippen molar-refractivity contribution in [3.63, 3.8) is 0 Å². The Morgan fingerprint density at radius 3 is 2.38 bits per heavy atom. The van der Waals surface area contributed by atoms with E-state index in [1.165, 1.54) is 30.4 Å². The molecular formula is C17H21NO4S2. The molecule has 0 spiro atoms. The van der Waals surface area contributed by atoms with Gasteiger partial charge < -0.3 is 4.74 Å². The minimum absolute atomic E-state index is 0.112. The van der Waals surface area contributed by atoms with E-state index in [2.05, 4.69) is 4.72 Å². The first kappa shape index (κ1) is 18.5. The predicted molar refractivity (Wildman–Crippen MR) is 96.3 cm³/mol. The van der Waals surface area contributed by atoms with Crippen molar-refractivity contribution in [1.29, 1.82) is 0 Å². The summed E-state index contributed by atoms with van der Waals surface area (Å²) < 4.78 is 33.1. The second-order valence-electron chi connectivity index (χ2n) is 5.62. The number of hydrogen-bond acceptors (Lipinski definition) is 5. The fraction of sp³-hybridized carbons (Fsp3) is 0.353. The maximum absolute atomic E-state index is 12.6. The number of aryl methyl sites for hydroxylation is 1. The smallest absolute Gasteiger partial charge is 0.308 e. The van der Waals surface area contributed by atoms with E-state index in [1.54, 1.807) is 18.2 Å². The molecule has 5 nitrogen and oxygen atoms in total. The molecule has 0 atom stereocenters. The van der Waals surface area contributed by atoms with Crippen molar-refractivity contribution in [3.8, 4) is 5.75 Å². The van der Waals surface area contributed by atoms with Gasteiger partial charge in [-0.25, -0.2) is 8.42 Å². The van der Waals surface area contributed by atoms with E-state index in [0.717, 1.165) is 16.9 Å². The van der Waals surface area contributed by atoms with Crippen LogP contribution in [-0.2, 0) is 21.2 Å². The maximum Gasteiger partial charge on any atom is 0.308 e. The van der Waals surface area contributed by atoms with Crippen molar-refractivity contribution in [2.24, 2.45) is 0 Å². The molecule has 0 bridgehead atoms. The summed E-state index contributed by atoms with van der Waals surface area (Å²) in [7, 11) is -3.74. The van der Waals surface area contributed by atoms with Crippen molar-refractivity contribution in [3.05, 3.63) is 40.8 Å². The van der Waals surface area contributed by atoms with Crippen LogP contribution in [0.25, 0.3) is 0 Å². The van der Waals surface area contributed by atoms with Crippen LogP contribution in [-0.4, -0.2) is 14.4 Å². The average Bonchev–Trinajstić information content (AvgIpc) is 2.84. The molecule has 7 heteroatoms. The van der Waals surface area contributed by atoms with Crippen LogP contribution in [0.1, 0.15) is 44.1 Å². The van der Waals surface area contributed by atoms with E-state index in [1.807, 2.05) is 20.8 Å². The largest absolute Gasteiger partial charge is 0.423 e. The lowest BCUT2D eigenvalue weighted by Gasteiger charge is -2.12. The summed E-state index contributed by atoms with van der Waals surface area (Å²) in [5.74, 6) is -0.0445. The lowest BCUT2D eigenvalue weighted by Crippen LogP contribution is -2.13. The number of ether oxygens (including phenoxy) is 1. The van der Waals surface area contributed by atoms with Gasteiger partial charge in [-0.05, 0) is 24.5 Å². The van der Waals surface area contributed by atoms with Crippen LogP contribution in [0, 0.1) is 0 Å². The number of carbonyl (C=O) groups excluding carboxylic acids is 1. The molecule has 2 rings (SSSR count). The van der Waals surface area contributed by atoms with Crippen LogP contribution in [0.4, 0.5) is 5.00 Å². The van der Waals surface area contributed by atoms with E-state index in [9.17, 15) is 13.2 Å². The van der Waals surface area contributed by atoms with E-state index in [4.69, 9.17) is 4.74 Å². The molecule has 0 amide bonds. The van der Waals surface area contributed by atoms with Crippen LogP contribution < -0.4 is 9.46 Å². The Morgan fingerprint density at radius 1 is 1.25 bits per heavy atom. The number of nitrogens with one attached hydrogen (secondary N) is 1. The number of rotatable bonds is 6. The number of anilines is 1. The standard InChI is InChI=1S/C17H21NO4S2/c1-5-14-15(11(2)3)16(22-12(4)19)17(23-14)18-24(20,21)13-9-7-6-8-10-13/h6-11,18H,5H2,1-4H3. The molecule has 1 aromatic heterocycles. The molecule has 0 aliphatic heterocycles. The fourth-order valence-corrected chi connectivity index (χ4v) is 4.95. The highest BCUT2D eigenvalue weighted by Crippen LogP contribution is 2.45. The zero-order chi connectivity index (χ0) is 17.9. The highest BCUT2D eigenvalue weighted by Gasteiger charge is 2.26. The van der Waals surface area contributed by atoms with Gasteiger partial charge in [0.15, 0.2) is 5.75 Å². The molecule has 0 fully saturated rings. The highest BCUT2D eigenvalue weighted by molar-refractivity contribution is 7.93. The van der Waals surface area contributed by atoms with Crippen molar-refractivity contribution < 1.29 is 17.9 Å². The topological polar surface area (TPSA) is 72.5 Å². The van der Waals surface area contributed by atoms with E-state index in [-0.39, 0.29) is 10.8 Å². The lowest BCUT2D eigenvalue weighted by atomic mass is 10.0. The lowest BCUT2D eigenvalue weighted by molar-refractivity contribution is -0.131. The van der Waals surface area contributed by atoms with Gasteiger partial charge in [-0.1, -0.05) is 39.0 Å². The molecule has 0 radical (unpaired) electrons. The Hall–Kier alpha value is -1.86. The van der Waals surface area contributed by atoms with Gasteiger partial charge >= 0.3 is 5.97 Å². The Kier molecular flexibility index (Phi) is 5.66. The molecule has 130 valence electrons. The number of carbonyl (C=O) groups is 1. The molecule has 1 heterocycles. The SMILES string of the molecule is CCc1sc(NS(=O)(=O)c2ccccc2)c(OC(C)=O)c1C(C)C. The number of esters is 1. The Balaban J connectivity index is 2.52. The van der Waals surface area contributed by atoms with Crippen LogP contribution in [0.5, 0.6) is 5.75 Å². The molecule has 24 heavy (non-hydrogen) atoms. The van der Waals surface area contributed by atoms with Crippen molar-refractivity contribution in [1.82, 2.24) is 0 Å². The van der Waals surface area contributed by atoms with E-state index >= 15 is 0 Å². The van der Waals surface area contributed by atoms with Gasteiger partial charge in [0.25, 0.3) is 10.0 Å². The summed E-state index contributed by atoms with van der Waals surface area (Å²) in [6, 6.07) is 8.11. The van der Waals surface area contributed by atoms with Crippen LogP contribution in [0.3, 0.4) is 0 Å². The van der Waals surface area contributed by atoms with Gasteiger partial charge in [0.05, 0.1) is 4.90 Å². The molecule has 0 saturated carbocycles. The summed E-state index contributed by atoms with van der Waals surface area (Å²) in [6.07, 6.45) is 0.736. The van der Waals surface area contributed by atoms with Crippen LogP contribution >= 0.6 is 11.3 Å². The van der Waals surface area contributed by atoms with Crippen molar-refractivity contribution >= 4 is 32.3 Å². The van der Waals surface area contributed by atoms with Crippen molar-refractivity contribution in [2.45, 2.75) is 44.9 Å². The van der Waals surface area contributed by atoms with Gasteiger partial charge in [0.1, 0.15) is 5.00 Å². The van der Waals surface area contributed by atoms with Gasteiger partial charge in [0, 0.05) is 17.4 Å². The third-order valence-electron chi connectivity index (χ3n) is 3.40. The number of thiophene rings is 1. The fourth-order valence-electron chi connectivity index (χ4n) is 2.41. The quantitative estimate of drug-likeness (QED) is 0.778. The summed E-state index contributed by atoms with van der Waals surface area (Å²) in [5.41, 5.74) is 0.878. The average molecular weight is 367 g/mol. The molecule has 0 aliphatic carbocycles. The normalized spacial score (nSPS) is 11.5. The summed E-state index contributed by atoms with van der Waals surface area (Å²) in [4.78, 5) is 12.6. The monoisotopic (exact) mass is 367 g/mol. The van der Waals surface area contributed by atoms with Crippen LogP contribution in [0.15, 0.2) is 35.2 Å². The molecule has 1 aromatic carbocycles. The number of sulfonamides is 1. The Morgan fingerprint density at radius 2 is 1.88 bits per heavy atom. The summed E-state index contributed by atoms with van der Waals surface area (Å²) in [6.45, 7) is 7.28. The summed E-state index contributed by atoms with van der Waals surface area (Å²) in [5, 5.41) is 0.342. The van der Waals surface area contributed by atoms with Gasteiger partial charge in [-0.2, -0.15) is 0 Å². The van der Waals surface area contributed by atoms with Crippen LogP contribution in [0.2, 0.25) is 0 Å². The van der Waals surface area contributed by atoms with Gasteiger partial charge in [-0.15, -0.1) is 11.3 Å². The Bertz CT molecular complexity index is 824. The Labute approximate surface area is 146 Å². The number of benzene rings is 1. The molecule has 0 saturated heterocycles. The predicted octanol–water partition coefficient (Wildman–Crippen LogP) is 4.16. The highest BCUT2D eigenvalue weighted by atomic mass is 32.2. The first-order valence-corrected chi connectivity index (χ1v) is 9.98. The zero-order valence-electron chi connectivity index (χ0n) is 14.1. The van der Waals surface area contributed by atoms with Gasteiger partial charge in [-0.3, -0.25) is 9.52 Å². The second kappa shape index (κ2) is 7.36. The van der Waals surface area contributed by atoms with E-state index in [0.29, 0.717) is 10.8 Å². The maximum atomic E-state index is 12.6. The molecular weight excluding hydrogens is 346 g/mol. The first-order valence-electron chi connectivity index (χ1n) is 7.68. The third kappa shape index (κ3) is 3.96. The third-order valence-corrected chi connectivity index (χ3v) is 6.14. The van der Waals surface area contributed by atoms with Crippen molar-refractivity contribution in [2.75, 3.05) is 4.72 Å². The summed E-state index contributed by atoms with van der Waals surface area (Å²) >= 11 is 1.31. The molecule has 1 N–H and O–H groups in total. The molecule has 0 unspecified atom stereocenters. The molecule has 0 aliphatic rings. The number of hydrogen-bond donors (Lipinski definition) is 1. The zero-order valence-corrected chi connectivity index (χ0v) is 15.8. The van der Waals surface area contributed by atoms with E-state index < -0.39 is 16.0 Å². The minimum Gasteiger partial charge on any atom is -0.423 e. The van der Waals surface area contributed by atoms with Gasteiger partial charge in [0.2, 0.25) is 0 Å². The minimum atomic E-state index is -3.74. The second-order valence-corrected chi connectivity index (χ2v) is 8.41.